The Balaban J connectivity index is 1.44. The first kappa shape index (κ1) is 27.0. The fourth-order valence-corrected chi connectivity index (χ4v) is 4.41. The lowest BCUT2D eigenvalue weighted by molar-refractivity contribution is -0.197. The minimum atomic E-state index is -0.997. The van der Waals surface area contributed by atoms with Crippen molar-refractivity contribution in [3.05, 3.63) is 89.8 Å². The highest BCUT2D eigenvalue weighted by Gasteiger charge is 2.23. The van der Waals surface area contributed by atoms with Crippen LogP contribution in [-0.2, 0) is 9.47 Å². The molecule has 0 unspecified atom stereocenters. The van der Waals surface area contributed by atoms with Gasteiger partial charge in [0.25, 0.3) is 0 Å². The van der Waals surface area contributed by atoms with Gasteiger partial charge in [-0.3, -0.25) is 0 Å². The fourth-order valence-electron chi connectivity index (χ4n) is 4.41. The lowest BCUT2D eigenvalue weighted by Gasteiger charge is -2.28. The van der Waals surface area contributed by atoms with Gasteiger partial charge in [0, 0.05) is 22.6 Å². The smallest absolute Gasteiger partial charge is 0.201 e. The molecule has 0 atom stereocenters. The Morgan fingerprint density at radius 2 is 1.51 bits per heavy atom. The molecule has 196 valence electrons. The maximum absolute atomic E-state index is 15.0. The van der Waals surface area contributed by atoms with E-state index < -0.39 is 23.7 Å². The highest BCUT2D eigenvalue weighted by molar-refractivity contribution is 5.71. The first-order valence-electron chi connectivity index (χ1n) is 12.9. The van der Waals surface area contributed by atoms with Gasteiger partial charge in [-0.25, -0.2) is 8.78 Å². The molecule has 1 aliphatic rings. The van der Waals surface area contributed by atoms with E-state index in [9.17, 15) is 13.2 Å². The molecule has 1 heterocycles. The fraction of sp³-hybridized carbons (Fsp3) is 0.355. The summed E-state index contributed by atoms with van der Waals surface area (Å²) in [5, 5.41) is 0. The molecule has 0 N–H and O–H groups in total. The SMILES string of the molecule is CC=CC1COC(c2ccc(-c3ccc(-c4ccc(OCCCCCC)c(F)c4F)cc3)c(F)c2)OC1. The average molecular weight is 511 g/mol. The van der Waals surface area contributed by atoms with Gasteiger partial charge in [-0.15, -0.1) is 0 Å². The van der Waals surface area contributed by atoms with Crippen LogP contribution in [0.4, 0.5) is 13.2 Å². The molecule has 3 aromatic carbocycles. The summed E-state index contributed by atoms with van der Waals surface area (Å²) in [7, 11) is 0. The van der Waals surface area contributed by atoms with Crippen LogP contribution in [0.1, 0.15) is 51.4 Å². The molecule has 1 aliphatic heterocycles. The van der Waals surface area contributed by atoms with Crippen molar-refractivity contribution < 1.29 is 27.4 Å². The Morgan fingerprint density at radius 1 is 0.838 bits per heavy atom. The molecule has 37 heavy (non-hydrogen) atoms. The molecule has 1 fully saturated rings. The summed E-state index contributed by atoms with van der Waals surface area (Å²) in [6.45, 7) is 5.44. The summed E-state index contributed by atoms with van der Waals surface area (Å²) in [4.78, 5) is 0. The molecule has 3 aromatic rings. The molecule has 0 aromatic heterocycles. The molecular formula is C31H33F3O3. The van der Waals surface area contributed by atoms with E-state index in [2.05, 4.69) is 6.92 Å². The molecular weight excluding hydrogens is 477 g/mol. The van der Waals surface area contributed by atoms with E-state index in [1.165, 1.54) is 18.2 Å². The molecule has 0 radical (unpaired) electrons. The molecule has 6 heteroatoms. The third kappa shape index (κ3) is 6.62. The van der Waals surface area contributed by atoms with Crippen LogP contribution in [0.5, 0.6) is 5.75 Å². The van der Waals surface area contributed by atoms with Crippen molar-refractivity contribution in [1.82, 2.24) is 0 Å². The van der Waals surface area contributed by atoms with E-state index in [0.29, 0.717) is 42.1 Å². The first-order valence-corrected chi connectivity index (χ1v) is 12.9. The van der Waals surface area contributed by atoms with Crippen molar-refractivity contribution in [1.29, 1.82) is 0 Å². The Morgan fingerprint density at radius 3 is 2.16 bits per heavy atom. The van der Waals surface area contributed by atoms with Crippen molar-refractivity contribution in [2.24, 2.45) is 5.92 Å². The number of allylic oxidation sites excluding steroid dienone is 1. The standard InChI is InChI=1S/C31H33F3O3/c1-3-5-6-7-17-35-28-16-15-26(29(33)30(28)34)23-11-9-22(10-12-23)25-14-13-24(18-27(25)32)31-36-19-21(8-4-2)20-37-31/h4,8-16,18,21,31H,3,5-7,17,19-20H2,1-2H3. The summed E-state index contributed by atoms with van der Waals surface area (Å²) in [6.07, 6.45) is 7.36. The maximum atomic E-state index is 15.0. The largest absolute Gasteiger partial charge is 0.490 e. The Kier molecular flexibility index (Phi) is 9.42. The van der Waals surface area contributed by atoms with Crippen molar-refractivity contribution >= 4 is 0 Å². The zero-order valence-electron chi connectivity index (χ0n) is 21.3. The third-order valence-corrected chi connectivity index (χ3v) is 6.46. The normalized spacial score (nSPS) is 17.9. The van der Waals surface area contributed by atoms with Gasteiger partial charge in [-0.05, 0) is 42.7 Å². The van der Waals surface area contributed by atoms with Crippen LogP contribution in [0.3, 0.4) is 0 Å². The van der Waals surface area contributed by atoms with Crippen molar-refractivity contribution in [2.45, 2.75) is 45.8 Å². The number of rotatable bonds is 10. The van der Waals surface area contributed by atoms with Crippen LogP contribution in [0, 0.1) is 23.4 Å². The summed E-state index contributed by atoms with van der Waals surface area (Å²) in [5.41, 5.74) is 2.25. The number of hydrogen-bond donors (Lipinski definition) is 0. The van der Waals surface area contributed by atoms with Gasteiger partial charge < -0.3 is 14.2 Å². The molecule has 0 bridgehead atoms. The van der Waals surface area contributed by atoms with Crippen LogP contribution in [0.2, 0.25) is 0 Å². The number of ether oxygens (including phenoxy) is 3. The second-order valence-electron chi connectivity index (χ2n) is 9.25. The summed E-state index contributed by atoms with van der Waals surface area (Å²) in [6, 6.07) is 14.5. The van der Waals surface area contributed by atoms with E-state index in [4.69, 9.17) is 14.2 Å². The van der Waals surface area contributed by atoms with Gasteiger partial charge in [0.15, 0.2) is 17.9 Å². The van der Waals surface area contributed by atoms with E-state index in [1.54, 1.807) is 36.4 Å². The quantitative estimate of drug-likeness (QED) is 0.202. The van der Waals surface area contributed by atoms with Crippen molar-refractivity contribution in [3.63, 3.8) is 0 Å². The van der Waals surface area contributed by atoms with Crippen molar-refractivity contribution in [3.8, 4) is 28.0 Å². The summed E-state index contributed by atoms with van der Waals surface area (Å²) in [5.74, 6) is -2.26. The van der Waals surface area contributed by atoms with Crippen LogP contribution in [0.15, 0.2) is 66.7 Å². The predicted octanol–water partition coefficient (Wildman–Crippen LogP) is 8.63. The minimum absolute atomic E-state index is 0.0835. The van der Waals surface area contributed by atoms with Gasteiger partial charge in [0.05, 0.1) is 19.8 Å². The minimum Gasteiger partial charge on any atom is -0.490 e. The zero-order valence-corrected chi connectivity index (χ0v) is 21.3. The highest BCUT2D eigenvalue weighted by Crippen LogP contribution is 2.33. The first-order chi connectivity index (χ1) is 18.0. The van der Waals surface area contributed by atoms with Gasteiger partial charge in [-0.2, -0.15) is 4.39 Å². The van der Waals surface area contributed by atoms with Crippen molar-refractivity contribution in [2.75, 3.05) is 19.8 Å². The molecule has 4 rings (SSSR count). The number of unbranched alkanes of at least 4 members (excludes halogenated alkanes) is 3. The number of halogens is 3. The van der Waals surface area contributed by atoms with Crippen LogP contribution in [0.25, 0.3) is 22.3 Å². The predicted molar refractivity (Wildman–Crippen MR) is 140 cm³/mol. The lowest BCUT2D eigenvalue weighted by Crippen LogP contribution is -2.25. The Bertz CT molecular complexity index is 1200. The van der Waals surface area contributed by atoms with E-state index in [0.717, 1.165) is 25.7 Å². The van der Waals surface area contributed by atoms with E-state index in [-0.39, 0.29) is 17.2 Å². The third-order valence-electron chi connectivity index (χ3n) is 6.46. The van der Waals surface area contributed by atoms with Gasteiger partial charge in [0.1, 0.15) is 5.82 Å². The number of benzene rings is 3. The monoisotopic (exact) mass is 510 g/mol. The van der Waals surface area contributed by atoms with Crippen LogP contribution in [-0.4, -0.2) is 19.8 Å². The highest BCUT2D eigenvalue weighted by atomic mass is 19.2. The van der Waals surface area contributed by atoms with E-state index in [1.807, 2.05) is 19.1 Å². The summed E-state index contributed by atoms with van der Waals surface area (Å²) >= 11 is 0. The molecule has 1 saturated heterocycles. The Labute approximate surface area is 216 Å². The number of hydrogen-bond acceptors (Lipinski definition) is 3. The molecule has 0 saturated carbocycles. The van der Waals surface area contributed by atoms with Gasteiger partial charge in [0.2, 0.25) is 5.82 Å². The molecule has 3 nitrogen and oxygen atoms in total. The summed E-state index contributed by atoms with van der Waals surface area (Å²) < 4.78 is 61.3. The molecule has 0 spiro atoms. The maximum Gasteiger partial charge on any atom is 0.201 e. The van der Waals surface area contributed by atoms with Crippen LogP contribution >= 0.6 is 0 Å². The average Bonchev–Trinajstić information content (AvgIpc) is 2.92. The topological polar surface area (TPSA) is 27.7 Å². The van der Waals surface area contributed by atoms with E-state index >= 15 is 0 Å². The van der Waals surface area contributed by atoms with Crippen LogP contribution < -0.4 is 4.74 Å². The van der Waals surface area contributed by atoms with Gasteiger partial charge in [-0.1, -0.05) is 74.7 Å². The lowest BCUT2D eigenvalue weighted by atomic mass is 9.98. The Hall–Kier alpha value is -3.09. The molecule has 0 amide bonds. The second kappa shape index (κ2) is 12.9. The molecule has 0 aliphatic carbocycles. The van der Waals surface area contributed by atoms with Gasteiger partial charge >= 0.3 is 0 Å². The second-order valence-corrected chi connectivity index (χ2v) is 9.25. The zero-order chi connectivity index (χ0) is 26.2.